The summed E-state index contributed by atoms with van der Waals surface area (Å²) in [5, 5.41) is 2.50. The molecule has 7 nitrogen and oxygen atoms in total. The number of amides is 3. The largest absolute Gasteiger partial charge is 0.416 e. The molecule has 2 aromatic carbocycles. The van der Waals surface area contributed by atoms with Crippen molar-refractivity contribution in [2.24, 2.45) is 0 Å². The van der Waals surface area contributed by atoms with Crippen molar-refractivity contribution in [1.82, 2.24) is 16.2 Å². The van der Waals surface area contributed by atoms with Crippen LogP contribution in [0.25, 0.3) is 5.57 Å². The quantitative estimate of drug-likeness (QED) is 0.438. The number of allylic oxidation sites excluding steroid dienone is 1. The van der Waals surface area contributed by atoms with Crippen molar-refractivity contribution in [3.8, 4) is 0 Å². The van der Waals surface area contributed by atoms with Crippen LogP contribution in [0.4, 0.5) is 24.5 Å². The van der Waals surface area contributed by atoms with Crippen LogP contribution in [-0.4, -0.2) is 24.3 Å². The Hall–Kier alpha value is -3.82. The lowest BCUT2D eigenvalue weighted by atomic mass is 10.0. The van der Waals surface area contributed by atoms with Gasteiger partial charge < -0.3 is 10.7 Å². The molecule has 0 unspecified atom stereocenters. The first-order valence-corrected chi connectivity index (χ1v) is 10.5. The molecule has 0 fully saturated rings. The fraction of sp³-hybridized carbons (Fsp3) is 0.292. The number of alkyl halides is 3. The second-order valence-corrected chi connectivity index (χ2v) is 8.12. The van der Waals surface area contributed by atoms with Gasteiger partial charge in [0, 0.05) is 36.8 Å². The average molecular weight is 474 g/mol. The number of aryl methyl sites for hydroxylation is 2. The maximum Gasteiger partial charge on any atom is 0.416 e. The van der Waals surface area contributed by atoms with E-state index in [4.69, 9.17) is 0 Å². The highest BCUT2D eigenvalue weighted by molar-refractivity contribution is 6.35. The van der Waals surface area contributed by atoms with E-state index in [2.05, 4.69) is 16.2 Å². The summed E-state index contributed by atoms with van der Waals surface area (Å²) in [6.07, 6.45) is -4.57. The van der Waals surface area contributed by atoms with Gasteiger partial charge in [-0.25, -0.2) is 0 Å². The number of halogens is 3. The first kappa shape index (κ1) is 24.8. The minimum absolute atomic E-state index is 0.00334. The number of nitrogens with one attached hydrogen (secondary N) is 3. The molecule has 3 N–H and O–H groups in total. The van der Waals surface area contributed by atoms with Crippen LogP contribution < -0.4 is 21.1 Å². The number of carbonyl (C=O) groups excluding carboxylic acids is 3. The SMILES string of the molecule is CC(=O)NCCC(=O)NN/C(C)=C1\C(=O)N(c2cc(C)cc(C)c2)c2cc(C(F)(F)F)ccc21. The fourth-order valence-corrected chi connectivity index (χ4v) is 3.78. The van der Waals surface area contributed by atoms with Gasteiger partial charge in [0.15, 0.2) is 0 Å². The molecule has 1 aliphatic rings. The number of hydrogen-bond donors (Lipinski definition) is 3. The molecule has 0 spiro atoms. The Balaban J connectivity index is 1.99. The second-order valence-electron chi connectivity index (χ2n) is 8.12. The molecule has 180 valence electrons. The van der Waals surface area contributed by atoms with Gasteiger partial charge in [-0.2, -0.15) is 13.2 Å². The van der Waals surface area contributed by atoms with Crippen LogP contribution in [0, 0.1) is 13.8 Å². The van der Waals surface area contributed by atoms with Crippen molar-refractivity contribution in [2.45, 2.75) is 40.3 Å². The third-order valence-corrected chi connectivity index (χ3v) is 5.21. The van der Waals surface area contributed by atoms with Crippen molar-refractivity contribution in [3.63, 3.8) is 0 Å². The zero-order valence-electron chi connectivity index (χ0n) is 19.2. The maximum absolute atomic E-state index is 13.5. The Morgan fingerprint density at radius 1 is 0.971 bits per heavy atom. The summed E-state index contributed by atoms with van der Waals surface area (Å²) >= 11 is 0. The molecule has 0 saturated heterocycles. The Labute approximate surface area is 195 Å². The number of anilines is 2. The molecule has 10 heteroatoms. The van der Waals surface area contributed by atoms with E-state index in [-0.39, 0.29) is 35.8 Å². The molecule has 0 aromatic heterocycles. The zero-order valence-corrected chi connectivity index (χ0v) is 19.2. The van der Waals surface area contributed by atoms with Crippen LogP contribution in [0.5, 0.6) is 0 Å². The van der Waals surface area contributed by atoms with Gasteiger partial charge in [0.05, 0.1) is 16.8 Å². The van der Waals surface area contributed by atoms with Gasteiger partial charge >= 0.3 is 6.18 Å². The summed E-state index contributed by atoms with van der Waals surface area (Å²) in [7, 11) is 0. The first-order chi connectivity index (χ1) is 15.9. The summed E-state index contributed by atoms with van der Waals surface area (Å²) in [5.74, 6) is -1.22. The van der Waals surface area contributed by atoms with Crippen molar-refractivity contribution in [2.75, 3.05) is 11.4 Å². The van der Waals surface area contributed by atoms with Crippen molar-refractivity contribution < 1.29 is 27.6 Å². The van der Waals surface area contributed by atoms with Crippen LogP contribution >= 0.6 is 0 Å². The Morgan fingerprint density at radius 2 is 1.62 bits per heavy atom. The van der Waals surface area contributed by atoms with Gasteiger partial charge in [0.2, 0.25) is 11.8 Å². The number of nitrogens with zero attached hydrogens (tertiary/aromatic N) is 1. The van der Waals surface area contributed by atoms with Crippen molar-refractivity contribution in [3.05, 3.63) is 64.3 Å². The van der Waals surface area contributed by atoms with Crippen LogP contribution in [-0.2, 0) is 20.6 Å². The van der Waals surface area contributed by atoms with E-state index < -0.39 is 23.6 Å². The number of hydrazine groups is 1. The summed E-state index contributed by atoms with van der Waals surface area (Å²) in [5.41, 5.74) is 7.24. The van der Waals surface area contributed by atoms with E-state index in [1.807, 2.05) is 19.9 Å². The minimum atomic E-state index is -4.58. The molecule has 0 aliphatic carbocycles. The van der Waals surface area contributed by atoms with Gasteiger partial charge in [-0.05, 0) is 56.2 Å². The Kier molecular flexibility index (Phi) is 6.99. The predicted octanol–water partition coefficient (Wildman–Crippen LogP) is 3.88. The molecule has 1 aliphatic heterocycles. The highest BCUT2D eigenvalue weighted by atomic mass is 19.4. The van der Waals surface area contributed by atoms with E-state index >= 15 is 0 Å². The highest BCUT2D eigenvalue weighted by Gasteiger charge is 2.39. The number of carbonyl (C=O) groups is 3. The topological polar surface area (TPSA) is 90.5 Å². The molecule has 1 heterocycles. The monoisotopic (exact) mass is 474 g/mol. The minimum Gasteiger partial charge on any atom is -0.356 e. The average Bonchev–Trinajstić information content (AvgIpc) is 3.01. The summed E-state index contributed by atoms with van der Waals surface area (Å²) < 4.78 is 40.3. The summed E-state index contributed by atoms with van der Waals surface area (Å²) in [6, 6.07) is 8.50. The molecule has 0 saturated carbocycles. The normalized spacial score (nSPS) is 14.6. The lowest BCUT2D eigenvalue weighted by Gasteiger charge is -2.20. The van der Waals surface area contributed by atoms with E-state index in [0.29, 0.717) is 11.3 Å². The lowest BCUT2D eigenvalue weighted by Crippen LogP contribution is -2.38. The van der Waals surface area contributed by atoms with Crippen LogP contribution in [0.15, 0.2) is 42.1 Å². The molecule has 3 amide bonds. The predicted molar refractivity (Wildman–Crippen MR) is 122 cm³/mol. The highest BCUT2D eigenvalue weighted by Crippen LogP contribution is 2.45. The van der Waals surface area contributed by atoms with Crippen LogP contribution in [0.1, 0.15) is 42.5 Å². The summed E-state index contributed by atoms with van der Waals surface area (Å²) in [6.45, 7) is 6.70. The van der Waals surface area contributed by atoms with Gasteiger partial charge in [0.1, 0.15) is 0 Å². The molecule has 0 atom stereocenters. The standard InChI is InChI=1S/C24H25F3N4O3/c1-13-9-14(2)11-18(10-13)31-20-12-17(24(25,26)27)5-6-19(20)22(23(31)34)15(3)29-30-21(33)7-8-28-16(4)32/h5-6,9-12,29H,7-8H2,1-4H3,(H,28,32)(H,30,33)/b22-15-. The Bertz CT molecular complexity index is 1170. The van der Waals surface area contributed by atoms with Crippen molar-refractivity contribution in [1.29, 1.82) is 0 Å². The van der Waals surface area contributed by atoms with E-state index in [0.717, 1.165) is 23.3 Å². The maximum atomic E-state index is 13.5. The number of rotatable bonds is 6. The van der Waals surface area contributed by atoms with Crippen LogP contribution in [0.2, 0.25) is 0 Å². The Morgan fingerprint density at radius 3 is 2.21 bits per heavy atom. The van der Waals surface area contributed by atoms with Gasteiger partial charge in [-0.15, -0.1) is 0 Å². The van der Waals surface area contributed by atoms with Gasteiger partial charge in [-0.1, -0.05) is 12.1 Å². The molecule has 2 aromatic rings. The number of fused-ring (bicyclic) bond motifs is 1. The molecule has 0 bridgehead atoms. The molecular weight excluding hydrogens is 449 g/mol. The van der Waals surface area contributed by atoms with Gasteiger partial charge in [-0.3, -0.25) is 24.7 Å². The van der Waals surface area contributed by atoms with Crippen molar-refractivity contribution >= 4 is 34.7 Å². The number of benzene rings is 2. The fourth-order valence-electron chi connectivity index (χ4n) is 3.78. The summed E-state index contributed by atoms with van der Waals surface area (Å²) in [4.78, 5) is 37.7. The van der Waals surface area contributed by atoms with E-state index in [1.54, 1.807) is 19.1 Å². The first-order valence-electron chi connectivity index (χ1n) is 10.5. The number of hydrogen-bond acceptors (Lipinski definition) is 4. The molecule has 34 heavy (non-hydrogen) atoms. The zero-order chi connectivity index (χ0) is 25.2. The molecular formula is C24H25F3N4O3. The van der Waals surface area contributed by atoms with E-state index in [1.165, 1.54) is 17.9 Å². The van der Waals surface area contributed by atoms with Crippen LogP contribution in [0.3, 0.4) is 0 Å². The molecule has 3 rings (SSSR count). The second kappa shape index (κ2) is 9.58. The van der Waals surface area contributed by atoms with Gasteiger partial charge in [0.25, 0.3) is 5.91 Å². The van der Waals surface area contributed by atoms with E-state index in [9.17, 15) is 27.6 Å². The third kappa shape index (κ3) is 5.38. The third-order valence-electron chi connectivity index (χ3n) is 5.21. The molecule has 0 radical (unpaired) electrons. The lowest BCUT2D eigenvalue weighted by molar-refractivity contribution is -0.137. The smallest absolute Gasteiger partial charge is 0.356 e.